The molecule has 0 aliphatic carbocycles. The van der Waals surface area contributed by atoms with Crippen molar-refractivity contribution < 1.29 is 12.8 Å². The van der Waals surface area contributed by atoms with Crippen LogP contribution in [0.4, 0.5) is 4.39 Å². The fourth-order valence-corrected chi connectivity index (χ4v) is 2.80. The van der Waals surface area contributed by atoms with Crippen LogP contribution in [0.15, 0.2) is 23.4 Å². The second-order valence-electron chi connectivity index (χ2n) is 4.97. The van der Waals surface area contributed by atoms with Crippen molar-refractivity contribution in [2.45, 2.75) is 18.7 Å². The number of rotatable bonds is 5. The van der Waals surface area contributed by atoms with E-state index in [1.54, 1.807) is 0 Å². The molecule has 1 aromatic heterocycles. The van der Waals surface area contributed by atoms with E-state index in [4.69, 9.17) is 5.73 Å². The average molecular weight is 275 g/mol. The van der Waals surface area contributed by atoms with Gasteiger partial charge in [0, 0.05) is 19.8 Å². The molecule has 0 atom stereocenters. The Morgan fingerprint density at radius 1 is 1.44 bits per heavy atom. The van der Waals surface area contributed by atoms with Crippen LogP contribution < -0.4 is 5.73 Å². The van der Waals surface area contributed by atoms with E-state index in [1.165, 1.54) is 7.05 Å². The Kier molecular flexibility index (Phi) is 4.41. The highest BCUT2D eigenvalue weighted by Crippen LogP contribution is 2.20. The second-order valence-corrected chi connectivity index (χ2v) is 7.01. The minimum absolute atomic E-state index is 0.155. The summed E-state index contributed by atoms with van der Waals surface area (Å²) < 4.78 is 38.5. The highest BCUT2D eigenvalue weighted by Gasteiger charge is 2.27. The Bertz CT molecular complexity index is 517. The van der Waals surface area contributed by atoms with Crippen LogP contribution in [0.25, 0.3) is 0 Å². The molecular formula is C11H18FN3O2S. The van der Waals surface area contributed by atoms with Crippen LogP contribution in [-0.2, 0) is 10.0 Å². The molecule has 18 heavy (non-hydrogen) atoms. The summed E-state index contributed by atoms with van der Waals surface area (Å²) >= 11 is 0. The number of nitrogens with zero attached hydrogens (tertiary/aromatic N) is 2. The molecule has 1 aromatic rings. The standard InChI is InChI=1S/C11H18FN3O2S/c1-11(2,7-13)8-15(3)18(16,17)10-4-9(12)5-14-6-10/h4-6H,7-8,13H2,1-3H3. The molecule has 0 aromatic carbocycles. The van der Waals surface area contributed by atoms with Gasteiger partial charge < -0.3 is 5.73 Å². The first-order chi connectivity index (χ1) is 8.19. The van der Waals surface area contributed by atoms with Gasteiger partial charge in [-0.25, -0.2) is 17.1 Å². The van der Waals surface area contributed by atoms with Crippen molar-refractivity contribution in [1.82, 2.24) is 9.29 Å². The van der Waals surface area contributed by atoms with Gasteiger partial charge in [-0.05, 0) is 18.0 Å². The van der Waals surface area contributed by atoms with Crippen molar-refractivity contribution in [3.63, 3.8) is 0 Å². The third kappa shape index (κ3) is 3.47. The van der Waals surface area contributed by atoms with Gasteiger partial charge >= 0.3 is 0 Å². The maximum Gasteiger partial charge on any atom is 0.244 e. The fourth-order valence-electron chi connectivity index (χ4n) is 1.47. The number of nitrogens with two attached hydrogens (primary N) is 1. The van der Waals surface area contributed by atoms with Gasteiger partial charge in [0.1, 0.15) is 10.7 Å². The molecule has 0 spiro atoms. The number of hydrogen-bond acceptors (Lipinski definition) is 4. The van der Waals surface area contributed by atoms with Crippen LogP contribution in [0, 0.1) is 11.2 Å². The highest BCUT2D eigenvalue weighted by molar-refractivity contribution is 7.89. The number of sulfonamides is 1. The Hall–Kier alpha value is -1.05. The smallest absolute Gasteiger partial charge is 0.244 e. The zero-order chi connectivity index (χ0) is 14.0. The molecule has 0 saturated carbocycles. The molecule has 5 nitrogen and oxygen atoms in total. The second kappa shape index (κ2) is 5.29. The maximum atomic E-state index is 13.0. The lowest BCUT2D eigenvalue weighted by atomic mass is 9.94. The normalized spacial score (nSPS) is 13.0. The van der Waals surface area contributed by atoms with Crippen molar-refractivity contribution in [1.29, 1.82) is 0 Å². The van der Waals surface area contributed by atoms with E-state index in [0.717, 1.165) is 22.8 Å². The summed E-state index contributed by atoms with van der Waals surface area (Å²) in [6, 6.07) is 0.953. The van der Waals surface area contributed by atoms with E-state index in [9.17, 15) is 12.8 Å². The SMILES string of the molecule is CN(CC(C)(C)CN)S(=O)(=O)c1cncc(F)c1. The lowest BCUT2D eigenvalue weighted by Crippen LogP contribution is -2.39. The van der Waals surface area contributed by atoms with Crippen LogP contribution >= 0.6 is 0 Å². The topological polar surface area (TPSA) is 76.3 Å². The molecule has 0 bridgehead atoms. The van der Waals surface area contributed by atoms with Gasteiger partial charge in [-0.15, -0.1) is 0 Å². The van der Waals surface area contributed by atoms with E-state index in [-0.39, 0.29) is 16.9 Å². The van der Waals surface area contributed by atoms with E-state index >= 15 is 0 Å². The minimum Gasteiger partial charge on any atom is -0.330 e. The minimum atomic E-state index is -3.73. The summed E-state index contributed by atoms with van der Waals surface area (Å²) in [6.07, 6.45) is 2.09. The quantitative estimate of drug-likeness (QED) is 0.863. The van der Waals surface area contributed by atoms with Crippen molar-refractivity contribution in [2.24, 2.45) is 11.1 Å². The van der Waals surface area contributed by atoms with Crippen molar-refractivity contribution >= 4 is 10.0 Å². The maximum absolute atomic E-state index is 13.0. The zero-order valence-corrected chi connectivity index (χ0v) is 11.5. The molecule has 1 rings (SSSR count). The van der Waals surface area contributed by atoms with Gasteiger partial charge in [-0.1, -0.05) is 13.8 Å². The molecule has 7 heteroatoms. The number of halogens is 1. The van der Waals surface area contributed by atoms with Crippen molar-refractivity contribution in [3.05, 3.63) is 24.3 Å². The van der Waals surface area contributed by atoms with Crippen LogP contribution in [0.5, 0.6) is 0 Å². The molecule has 102 valence electrons. The molecule has 0 amide bonds. The summed E-state index contributed by atoms with van der Waals surface area (Å²) in [5, 5.41) is 0. The number of aromatic nitrogens is 1. The third-order valence-electron chi connectivity index (χ3n) is 2.59. The van der Waals surface area contributed by atoms with Crippen molar-refractivity contribution in [2.75, 3.05) is 20.1 Å². The summed E-state index contributed by atoms with van der Waals surface area (Å²) in [5.74, 6) is -0.678. The zero-order valence-electron chi connectivity index (χ0n) is 10.7. The van der Waals surface area contributed by atoms with Gasteiger partial charge in [0.25, 0.3) is 0 Å². The molecule has 0 saturated heterocycles. The average Bonchev–Trinajstić information content (AvgIpc) is 2.28. The highest BCUT2D eigenvalue weighted by atomic mass is 32.2. The molecule has 0 aliphatic rings. The first-order valence-electron chi connectivity index (χ1n) is 5.46. The fraction of sp³-hybridized carbons (Fsp3) is 0.545. The molecular weight excluding hydrogens is 257 g/mol. The van der Waals surface area contributed by atoms with E-state index in [2.05, 4.69) is 4.98 Å². The molecule has 0 fully saturated rings. The first kappa shape index (κ1) is 15.0. The summed E-state index contributed by atoms with van der Waals surface area (Å²) in [6.45, 7) is 4.34. The number of pyridine rings is 1. The van der Waals surface area contributed by atoms with Gasteiger partial charge in [0.15, 0.2) is 0 Å². The van der Waals surface area contributed by atoms with Gasteiger partial charge in [0.05, 0.1) is 6.20 Å². The lowest BCUT2D eigenvalue weighted by Gasteiger charge is -2.28. The number of hydrogen-bond donors (Lipinski definition) is 1. The molecule has 0 radical (unpaired) electrons. The van der Waals surface area contributed by atoms with Crippen LogP contribution in [0.2, 0.25) is 0 Å². The third-order valence-corrected chi connectivity index (χ3v) is 4.36. The summed E-state index contributed by atoms with van der Waals surface area (Å²) in [5.41, 5.74) is 5.22. The summed E-state index contributed by atoms with van der Waals surface area (Å²) in [4.78, 5) is 3.39. The van der Waals surface area contributed by atoms with E-state index in [0.29, 0.717) is 6.54 Å². The van der Waals surface area contributed by atoms with Crippen LogP contribution in [0.3, 0.4) is 0 Å². The van der Waals surface area contributed by atoms with Gasteiger partial charge in [-0.2, -0.15) is 0 Å². The molecule has 2 N–H and O–H groups in total. The van der Waals surface area contributed by atoms with Gasteiger partial charge in [-0.3, -0.25) is 4.98 Å². The largest absolute Gasteiger partial charge is 0.330 e. The predicted octanol–water partition coefficient (Wildman–Crippen LogP) is 0.826. The Morgan fingerprint density at radius 2 is 2.06 bits per heavy atom. The monoisotopic (exact) mass is 275 g/mol. The molecule has 0 aliphatic heterocycles. The van der Waals surface area contributed by atoms with E-state index < -0.39 is 15.8 Å². The molecule has 0 unspecified atom stereocenters. The first-order valence-corrected chi connectivity index (χ1v) is 6.90. The van der Waals surface area contributed by atoms with E-state index in [1.807, 2.05) is 13.8 Å². The van der Waals surface area contributed by atoms with Crippen LogP contribution in [-0.4, -0.2) is 37.8 Å². The molecule has 1 heterocycles. The summed E-state index contributed by atoms with van der Waals surface area (Å²) in [7, 11) is -2.29. The Morgan fingerprint density at radius 3 is 2.56 bits per heavy atom. The van der Waals surface area contributed by atoms with Crippen molar-refractivity contribution in [3.8, 4) is 0 Å². The lowest BCUT2D eigenvalue weighted by molar-refractivity contribution is 0.292. The van der Waals surface area contributed by atoms with Crippen LogP contribution in [0.1, 0.15) is 13.8 Å². The predicted molar refractivity (Wildman–Crippen MR) is 66.8 cm³/mol. The Balaban J connectivity index is 3.01. The Labute approximate surface area is 107 Å². The van der Waals surface area contributed by atoms with Gasteiger partial charge in [0.2, 0.25) is 10.0 Å².